The highest BCUT2D eigenvalue weighted by molar-refractivity contribution is 7.91. The number of thiophene rings is 1. The van der Waals surface area contributed by atoms with Gasteiger partial charge in [-0.05, 0) is 37.1 Å². The Bertz CT molecular complexity index is 975. The summed E-state index contributed by atoms with van der Waals surface area (Å²) in [4.78, 5) is 26.5. The van der Waals surface area contributed by atoms with Crippen LogP contribution in [-0.2, 0) is 19.6 Å². The average Bonchev–Trinajstić information content (AvgIpc) is 3.10. The number of hydrogen-bond donors (Lipinski definition) is 1. The molecule has 7 nitrogen and oxygen atoms in total. The monoisotopic (exact) mass is 457 g/mol. The fourth-order valence-electron chi connectivity index (χ4n) is 2.60. The second-order valence-corrected chi connectivity index (χ2v) is 10.5. The highest BCUT2D eigenvalue weighted by Gasteiger charge is 2.27. The highest BCUT2D eigenvalue weighted by atomic mass is 35.5. The molecule has 0 saturated carbocycles. The van der Waals surface area contributed by atoms with Gasteiger partial charge in [0.05, 0.1) is 17.4 Å². The van der Waals surface area contributed by atoms with Crippen LogP contribution in [0, 0.1) is 6.92 Å². The zero-order valence-electron chi connectivity index (χ0n) is 16.5. The molecule has 0 aliphatic carbocycles. The molecule has 1 heterocycles. The van der Waals surface area contributed by atoms with Gasteiger partial charge >= 0.3 is 0 Å². The summed E-state index contributed by atoms with van der Waals surface area (Å²) in [6, 6.07) is 10.2. The first kappa shape index (κ1) is 23.3. The largest absolute Gasteiger partial charge is 0.332 e. The molecule has 1 N–H and O–H groups in total. The number of carbonyl (C=O) groups excluding carboxylic acids is 2. The van der Waals surface area contributed by atoms with Crippen LogP contribution in [0.2, 0.25) is 4.34 Å². The van der Waals surface area contributed by atoms with E-state index in [9.17, 15) is 18.0 Å². The fourth-order valence-corrected chi connectivity index (χ4v) is 5.42. The number of aryl methyl sites for hydroxylation is 1. The first-order valence-electron chi connectivity index (χ1n) is 9.00. The van der Waals surface area contributed by atoms with Crippen LogP contribution in [0.1, 0.15) is 18.9 Å². The first-order chi connectivity index (χ1) is 13.6. The molecule has 1 aromatic carbocycles. The number of halogens is 1. The third-order valence-corrected chi connectivity index (χ3v) is 7.67. The van der Waals surface area contributed by atoms with Gasteiger partial charge < -0.3 is 10.2 Å². The summed E-state index contributed by atoms with van der Waals surface area (Å²) in [5, 5.41) is 2.79. The maximum Gasteiger partial charge on any atom is 0.252 e. The molecule has 0 atom stereocenters. The molecule has 2 aromatic rings. The van der Waals surface area contributed by atoms with Crippen molar-refractivity contribution >= 4 is 50.5 Å². The standard InChI is InChI=1S/C19H24ClN3O4S2/c1-4-11-23(12-17(24)21-15-8-6-5-7-14(15)2)18(25)13-22(3)29(26,27)19-10-9-16(20)28-19/h5-10H,4,11-13H2,1-3H3,(H,21,24). The lowest BCUT2D eigenvalue weighted by molar-refractivity contribution is -0.134. The minimum atomic E-state index is -3.82. The van der Waals surface area contributed by atoms with Gasteiger partial charge in [0.2, 0.25) is 11.8 Å². The molecule has 158 valence electrons. The molecule has 0 unspecified atom stereocenters. The van der Waals surface area contributed by atoms with E-state index in [1.54, 1.807) is 6.07 Å². The van der Waals surface area contributed by atoms with E-state index in [1.165, 1.54) is 24.1 Å². The summed E-state index contributed by atoms with van der Waals surface area (Å²) < 4.78 is 26.6. The molecule has 29 heavy (non-hydrogen) atoms. The van der Waals surface area contributed by atoms with Crippen molar-refractivity contribution in [3.05, 3.63) is 46.3 Å². The molecule has 0 fully saturated rings. The molecule has 0 aliphatic rings. The van der Waals surface area contributed by atoms with Gasteiger partial charge in [-0.2, -0.15) is 4.31 Å². The number of sulfonamides is 1. The van der Waals surface area contributed by atoms with E-state index in [2.05, 4.69) is 5.32 Å². The van der Waals surface area contributed by atoms with E-state index < -0.39 is 15.9 Å². The number of benzene rings is 1. The van der Waals surface area contributed by atoms with Gasteiger partial charge in [-0.3, -0.25) is 9.59 Å². The lowest BCUT2D eigenvalue weighted by atomic mass is 10.2. The maximum atomic E-state index is 12.7. The Kier molecular flexibility index (Phi) is 8.21. The predicted molar refractivity (Wildman–Crippen MR) is 116 cm³/mol. The van der Waals surface area contributed by atoms with Gasteiger partial charge in [-0.25, -0.2) is 8.42 Å². The number of rotatable bonds is 9. The third kappa shape index (κ3) is 6.27. The van der Waals surface area contributed by atoms with Crippen molar-refractivity contribution in [3.8, 4) is 0 Å². The van der Waals surface area contributed by atoms with Gasteiger partial charge in [0.1, 0.15) is 4.21 Å². The van der Waals surface area contributed by atoms with Crippen LogP contribution in [0.25, 0.3) is 0 Å². The Hall–Kier alpha value is -1.94. The zero-order valence-corrected chi connectivity index (χ0v) is 18.9. The van der Waals surface area contributed by atoms with E-state index >= 15 is 0 Å². The van der Waals surface area contributed by atoms with Crippen molar-refractivity contribution in [1.29, 1.82) is 0 Å². The smallest absolute Gasteiger partial charge is 0.252 e. The number of likely N-dealkylation sites (N-methyl/N-ethyl adjacent to an activating group) is 1. The van der Waals surface area contributed by atoms with E-state index in [-0.39, 0.29) is 23.2 Å². The van der Waals surface area contributed by atoms with E-state index in [4.69, 9.17) is 11.6 Å². The molecule has 1 aromatic heterocycles. The molecule has 0 aliphatic heterocycles. The average molecular weight is 458 g/mol. The summed E-state index contributed by atoms with van der Waals surface area (Å²) in [6.07, 6.45) is 0.639. The molecular formula is C19H24ClN3O4S2. The van der Waals surface area contributed by atoms with Crippen LogP contribution in [-0.4, -0.2) is 56.1 Å². The van der Waals surface area contributed by atoms with Crippen LogP contribution >= 0.6 is 22.9 Å². The first-order valence-corrected chi connectivity index (χ1v) is 11.6. The summed E-state index contributed by atoms with van der Waals surface area (Å²) in [6.45, 7) is 3.59. The number of anilines is 1. The second-order valence-electron chi connectivity index (χ2n) is 6.50. The molecule has 2 amide bonds. The zero-order chi connectivity index (χ0) is 21.6. The van der Waals surface area contributed by atoms with E-state index in [1.807, 2.05) is 32.0 Å². The van der Waals surface area contributed by atoms with Gasteiger partial charge in [-0.15, -0.1) is 11.3 Å². The third-order valence-electron chi connectivity index (χ3n) is 4.17. The van der Waals surface area contributed by atoms with Crippen LogP contribution in [0.15, 0.2) is 40.6 Å². The van der Waals surface area contributed by atoms with Crippen molar-refractivity contribution in [2.24, 2.45) is 0 Å². The molecular weight excluding hydrogens is 434 g/mol. The van der Waals surface area contributed by atoms with Crippen LogP contribution in [0.4, 0.5) is 5.69 Å². The van der Waals surface area contributed by atoms with Crippen molar-refractivity contribution < 1.29 is 18.0 Å². The Labute approximate surface area is 180 Å². The Balaban J connectivity index is 2.04. The molecule has 0 radical (unpaired) electrons. The van der Waals surface area contributed by atoms with Gasteiger partial charge in [-0.1, -0.05) is 36.7 Å². The van der Waals surface area contributed by atoms with Crippen molar-refractivity contribution in [3.63, 3.8) is 0 Å². The normalized spacial score (nSPS) is 11.5. The molecule has 10 heteroatoms. The molecule has 0 saturated heterocycles. The lowest BCUT2D eigenvalue weighted by Gasteiger charge is -2.24. The highest BCUT2D eigenvalue weighted by Crippen LogP contribution is 2.27. The molecule has 0 spiro atoms. The van der Waals surface area contributed by atoms with Crippen molar-refractivity contribution in [2.75, 3.05) is 32.0 Å². The van der Waals surface area contributed by atoms with Crippen LogP contribution < -0.4 is 5.32 Å². The summed E-state index contributed by atoms with van der Waals surface area (Å²) in [7, 11) is -2.49. The number of hydrogen-bond acceptors (Lipinski definition) is 5. The van der Waals surface area contributed by atoms with Gasteiger partial charge in [0.15, 0.2) is 0 Å². The van der Waals surface area contributed by atoms with E-state index in [0.717, 1.165) is 21.2 Å². The van der Waals surface area contributed by atoms with E-state index in [0.29, 0.717) is 23.0 Å². The summed E-state index contributed by atoms with van der Waals surface area (Å²) in [5.41, 5.74) is 1.59. The number of para-hydroxylation sites is 1. The SMILES string of the molecule is CCCN(CC(=O)Nc1ccccc1C)C(=O)CN(C)S(=O)(=O)c1ccc(Cl)s1. The topological polar surface area (TPSA) is 86.8 Å². The minimum Gasteiger partial charge on any atom is -0.332 e. The van der Waals surface area contributed by atoms with Gasteiger partial charge in [0, 0.05) is 19.3 Å². The summed E-state index contributed by atoms with van der Waals surface area (Å²) in [5.74, 6) is -0.780. The van der Waals surface area contributed by atoms with Crippen molar-refractivity contribution in [2.45, 2.75) is 24.5 Å². The maximum absolute atomic E-state index is 12.7. The minimum absolute atomic E-state index is 0.0668. The number of carbonyl (C=O) groups is 2. The number of nitrogens with zero attached hydrogens (tertiary/aromatic N) is 2. The van der Waals surface area contributed by atoms with Crippen LogP contribution in [0.3, 0.4) is 0 Å². The summed E-state index contributed by atoms with van der Waals surface area (Å²) >= 11 is 6.75. The Morgan fingerprint density at radius 1 is 1.14 bits per heavy atom. The number of nitrogens with one attached hydrogen (secondary N) is 1. The Morgan fingerprint density at radius 3 is 2.41 bits per heavy atom. The van der Waals surface area contributed by atoms with Gasteiger partial charge in [0.25, 0.3) is 10.0 Å². The second kappa shape index (κ2) is 10.2. The van der Waals surface area contributed by atoms with Crippen molar-refractivity contribution in [1.82, 2.24) is 9.21 Å². The Morgan fingerprint density at radius 2 is 1.83 bits per heavy atom. The number of amides is 2. The lowest BCUT2D eigenvalue weighted by Crippen LogP contribution is -2.44. The quantitative estimate of drug-likeness (QED) is 0.626. The molecule has 0 bridgehead atoms. The van der Waals surface area contributed by atoms with Crippen LogP contribution in [0.5, 0.6) is 0 Å². The fraction of sp³-hybridized carbons (Fsp3) is 0.368. The molecule has 2 rings (SSSR count). The predicted octanol–water partition coefficient (Wildman–Crippen LogP) is 3.21.